The van der Waals surface area contributed by atoms with Crippen molar-refractivity contribution in [2.24, 2.45) is 5.73 Å². The number of thiazole rings is 1. The van der Waals surface area contributed by atoms with Crippen molar-refractivity contribution in [2.75, 3.05) is 0 Å². The molecule has 2 amide bonds. The Bertz CT molecular complexity index is 1120. The van der Waals surface area contributed by atoms with E-state index in [1.54, 1.807) is 38.5 Å². The van der Waals surface area contributed by atoms with Crippen LogP contribution in [-0.4, -0.2) is 54.3 Å². The van der Waals surface area contributed by atoms with Crippen LogP contribution in [0.2, 0.25) is 0 Å². The number of carbonyl (C=O) groups is 3. The summed E-state index contributed by atoms with van der Waals surface area (Å²) in [5.74, 6) is -1.86. The molecule has 0 aromatic carbocycles. The zero-order valence-electron chi connectivity index (χ0n) is 16.4. The van der Waals surface area contributed by atoms with Gasteiger partial charge in [0.05, 0.1) is 10.7 Å². The van der Waals surface area contributed by atoms with Crippen LogP contribution in [0.1, 0.15) is 36.3 Å². The van der Waals surface area contributed by atoms with Crippen molar-refractivity contribution >= 4 is 35.0 Å². The Kier molecular flexibility index (Phi) is 5.69. The number of rotatable bonds is 6. The van der Waals surface area contributed by atoms with Gasteiger partial charge in [0.1, 0.15) is 11.6 Å². The molecule has 30 heavy (non-hydrogen) atoms. The number of hydrogen-bond donors (Lipinski definition) is 3. The molecule has 0 fully saturated rings. The number of primary amides is 1. The quantitative estimate of drug-likeness (QED) is 0.527. The number of carbonyl (C=O) groups excluding carboxylic acids is 2. The van der Waals surface area contributed by atoms with Gasteiger partial charge in [0.15, 0.2) is 11.3 Å². The average Bonchev–Trinajstić information content (AvgIpc) is 3.25. The van der Waals surface area contributed by atoms with Gasteiger partial charge in [-0.05, 0) is 20.8 Å². The van der Waals surface area contributed by atoms with Gasteiger partial charge in [-0.1, -0.05) is 0 Å². The lowest BCUT2D eigenvalue weighted by Gasteiger charge is -2.21. The zero-order chi connectivity index (χ0) is 22.1. The van der Waals surface area contributed by atoms with E-state index in [9.17, 15) is 19.5 Å². The molecule has 3 aromatic heterocycles. The van der Waals surface area contributed by atoms with E-state index in [0.717, 1.165) is 0 Å². The first-order valence-corrected chi connectivity index (χ1v) is 9.72. The Balaban J connectivity index is 1.76. The van der Waals surface area contributed by atoms with Gasteiger partial charge in [0.25, 0.3) is 5.91 Å². The van der Waals surface area contributed by atoms with Gasteiger partial charge in [0, 0.05) is 35.8 Å². The maximum Gasteiger partial charge on any atom is 0.408 e. The van der Waals surface area contributed by atoms with Gasteiger partial charge in [-0.3, -0.25) is 4.79 Å². The molecule has 3 aromatic rings. The third-order valence-electron chi connectivity index (χ3n) is 3.78. The zero-order valence-corrected chi connectivity index (χ0v) is 17.3. The number of carboxylic acids is 1. The smallest absolute Gasteiger partial charge is 0.408 e. The van der Waals surface area contributed by atoms with Crippen molar-refractivity contribution in [1.29, 1.82) is 0 Å². The van der Waals surface area contributed by atoms with Crippen molar-refractivity contribution in [3.8, 4) is 11.3 Å². The predicted octanol–water partition coefficient (Wildman–Crippen LogP) is 1.47. The van der Waals surface area contributed by atoms with Crippen molar-refractivity contribution in [2.45, 2.75) is 38.8 Å². The number of ether oxygens (including phenoxy) is 1. The summed E-state index contributed by atoms with van der Waals surface area (Å²) >= 11 is 1.25. The Labute approximate surface area is 174 Å². The molecule has 158 valence electrons. The van der Waals surface area contributed by atoms with E-state index in [1.165, 1.54) is 21.9 Å². The van der Waals surface area contributed by atoms with E-state index in [0.29, 0.717) is 21.9 Å². The SMILES string of the molecule is CC(C)(C)OC(=O)N[C@@H](Cc1nc(-c2cnc3cc(C(N)=O)nn3c2)cs1)C(=O)O. The van der Waals surface area contributed by atoms with Crippen LogP contribution in [0.3, 0.4) is 0 Å². The molecule has 0 saturated heterocycles. The number of hydrogen-bond acceptors (Lipinski definition) is 8. The molecule has 0 spiro atoms. The van der Waals surface area contributed by atoms with Crippen LogP contribution in [0.25, 0.3) is 16.9 Å². The maximum atomic E-state index is 11.9. The summed E-state index contributed by atoms with van der Waals surface area (Å²) in [7, 11) is 0. The summed E-state index contributed by atoms with van der Waals surface area (Å²) in [6.07, 6.45) is 2.38. The van der Waals surface area contributed by atoms with E-state index < -0.39 is 29.6 Å². The lowest BCUT2D eigenvalue weighted by atomic mass is 10.2. The fourth-order valence-corrected chi connectivity index (χ4v) is 3.34. The Morgan fingerprint density at radius 1 is 1.37 bits per heavy atom. The number of fused-ring (bicyclic) bond motifs is 1. The molecule has 0 saturated carbocycles. The summed E-state index contributed by atoms with van der Waals surface area (Å²) in [4.78, 5) is 43.3. The number of carboxylic acid groups (broad SMARTS) is 1. The number of nitrogens with one attached hydrogen (secondary N) is 1. The Hall–Kier alpha value is -3.54. The Morgan fingerprint density at radius 2 is 2.10 bits per heavy atom. The number of aromatic nitrogens is 4. The van der Waals surface area contributed by atoms with Crippen molar-refractivity contribution in [3.63, 3.8) is 0 Å². The second-order valence-electron chi connectivity index (χ2n) is 7.41. The van der Waals surface area contributed by atoms with Gasteiger partial charge in [-0.25, -0.2) is 24.1 Å². The molecule has 0 bridgehead atoms. The largest absolute Gasteiger partial charge is 0.480 e. The molecular formula is C18H20N6O5S. The molecule has 0 aliphatic heterocycles. The molecule has 1 atom stereocenters. The van der Waals surface area contributed by atoms with Gasteiger partial charge in [0.2, 0.25) is 0 Å². The minimum absolute atomic E-state index is 0.0114. The van der Waals surface area contributed by atoms with Crippen molar-refractivity contribution in [1.82, 2.24) is 24.9 Å². The fraction of sp³-hybridized carbons (Fsp3) is 0.333. The normalized spacial score (nSPS) is 12.5. The summed E-state index contributed by atoms with van der Waals surface area (Å²) < 4.78 is 6.52. The average molecular weight is 432 g/mol. The summed E-state index contributed by atoms with van der Waals surface area (Å²) in [5, 5.41) is 18.1. The monoisotopic (exact) mass is 432 g/mol. The molecule has 4 N–H and O–H groups in total. The van der Waals surface area contributed by atoms with Crippen LogP contribution in [-0.2, 0) is 16.0 Å². The molecule has 12 heteroatoms. The van der Waals surface area contributed by atoms with Crippen molar-refractivity contribution in [3.05, 3.63) is 34.5 Å². The van der Waals surface area contributed by atoms with Crippen LogP contribution in [0.5, 0.6) is 0 Å². The highest BCUT2D eigenvalue weighted by molar-refractivity contribution is 7.10. The van der Waals surface area contributed by atoms with Crippen LogP contribution in [0, 0.1) is 0 Å². The molecule has 0 unspecified atom stereocenters. The van der Waals surface area contributed by atoms with Crippen molar-refractivity contribution < 1.29 is 24.2 Å². The molecular weight excluding hydrogens is 412 g/mol. The van der Waals surface area contributed by atoms with Crippen LogP contribution >= 0.6 is 11.3 Å². The number of nitrogens with two attached hydrogens (primary N) is 1. The van der Waals surface area contributed by atoms with Gasteiger partial charge >= 0.3 is 12.1 Å². The van der Waals surface area contributed by atoms with Crippen LogP contribution in [0.4, 0.5) is 4.79 Å². The third kappa shape index (κ3) is 5.08. The fourth-order valence-electron chi connectivity index (χ4n) is 2.49. The number of alkyl carbamates (subject to hydrolysis) is 1. The summed E-state index contributed by atoms with van der Waals surface area (Å²) in [5.41, 5.74) is 6.21. The van der Waals surface area contributed by atoms with E-state index in [1.807, 2.05) is 0 Å². The highest BCUT2D eigenvalue weighted by Gasteiger charge is 2.25. The van der Waals surface area contributed by atoms with E-state index in [4.69, 9.17) is 10.5 Å². The first-order valence-electron chi connectivity index (χ1n) is 8.84. The van der Waals surface area contributed by atoms with E-state index in [2.05, 4.69) is 20.4 Å². The van der Waals surface area contributed by atoms with Crippen LogP contribution < -0.4 is 11.1 Å². The molecule has 0 aliphatic carbocycles. The molecule has 3 heterocycles. The Morgan fingerprint density at radius 3 is 2.73 bits per heavy atom. The topological polar surface area (TPSA) is 162 Å². The molecule has 11 nitrogen and oxygen atoms in total. The first kappa shape index (κ1) is 21.2. The van der Waals surface area contributed by atoms with E-state index >= 15 is 0 Å². The summed E-state index contributed by atoms with van der Waals surface area (Å²) in [6, 6.07) is 0.280. The maximum absolute atomic E-state index is 11.9. The highest BCUT2D eigenvalue weighted by Crippen LogP contribution is 2.22. The third-order valence-corrected chi connectivity index (χ3v) is 4.65. The lowest BCUT2D eigenvalue weighted by molar-refractivity contribution is -0.139. The predicted molar refractivity (Wildman–Crippen MR) is 107 cm³/mol. The minimum atomic E-state index is -1.20. The molecule has 0 radical (unpaired) electrons. The van der Waals surface area contributed by atoms with Gasteiger partial charge in [-0.2, -0.15) is 5.10 Å². The van der Waals surface area contributed by atoms with Crippen LogP contribution in [0.15, 0.2) is 23.8 Å². The number of amides is 2. The minimum Gasteiger partial charge on any atom is -0.480 e. The second kappa shape index (κ2) is 8.06. The summed E-state index contributed by atoms with van der Waals surface area (Å²) in [6.45, 7) is 5.06. The standard InChI is InChI=1S/C18H20N6O5S/c1-18(2,3)29-17(28)22-11(16(26)27)5-14-21-12(8-30-14)9-6-20-13-4-10(15(19)25)23-24(13)7-9/h4,6-8,11H,5H2,1-3H3,(H2,19,25)(H,22,28)(H,26,27)/t11-/m0/s1. The highest BCUT2D eigenvalue weighted by atomic mass is 32.1. The number of nitrogens with zero attached hydrogens (tertiary/aromatic N) is 4. The number of aliphatic carboxylic acids is 1. The van der Waals surface area contributed by atoms with Gasteiger partial charge < -0.3 is 20.9 Å². The second-order valence-corrected chi connectivity index (χ2v) is 8.35. The molecule has 3 rings (SSSR count). The first-order chi connectivity index (χ1) is 14.0. The lowest BCUT2D eigenvalue weighted by Crippen LogP contribution is -2.44. The molecule has 0 aliphatic rings. The van der Waals surface area contributed by atoms with Gasteiger partial charge in [-0.15, -0.1) is 11.3 Å². The van der Waals surface area contributed by atoms with E-state index in [-0.39, 0.29) is 12.1 Å².